The van der Waals surface area contributed by atoms with Crippen LogP contribution < -0.4 is 4.73 Å². The Hall–Kier alpha value is -2.82. The quantitative estimate of drug-likeness (QED) is 0.525. The third-order valence-electron chi connectivity index (χ3n) is 2.94. The fourth-order valence-electron chi connectivity index (χ4n) is 1.86. The van der Waals surface area contributed by atoms with Crippen LogP contribution >= 0.6 is 0 Å². The highest BCUT2D eigenvalue weighted by Crippen LogP contribution is 2.16. The van der Waals surface area contributed by atoms with E-state index >= 15 is 0 Å². The molecule has 0 spiro atoms. The molecule has 0 saturated carbocycles. The number of rotatable bonds is 2. The molecule has 3 aromatic rings. The van der Waals surface area contributed by atoms with Gasteiger partial charge in [0.05, 0.1) is 5.10 Å². The van der Waals surface area contributed by atoms with Crippen LogP contribution in [-0.2, 0) is 0 Å². The van der Waals surface area contributed by atoms with Crippen molar-refractivity contribution in [2.45, 2.75) is 6.92 Å². The third kappa shape index (κ3) is 2.33. The highest BCUT2D eigenvalue weighted by atomic mass is 16.5. The molecule has 5 nitrogen and oxygen atoms in total. The zero-order valence-electron chi connectivity index (χ0n) is 10.9. The smallest absolute Gasteiger partial charge is 0.379 e. The average molecular weight is 264 g/mol. The minimum absolute atomic E-state index is 0.196. The van der Waals surface area contributed by atoms with E-state index in [9.17, 15) is 5.21 Å². The molecule has 20 heavy (non-hydrogen) atoms. The van der Waals surface area contributed by atoms with Crippen molar-refractivity contribution in [3.63, 3.8) is 0 Å². The summed E-state index contributed by atoms with van der Waals surface area (Å²) in [5.74, 6) is 0.196. The lowest BCUT2D eigenvalue weighted by molar-refractivity contribution is -0.597. The van der Waals surface area contributed by atoms with Crippen LogP contribution in [0.25, 0.3) is 22.8 Å². The molecule has 1 aromatic carbocycles. The van der Waals surface area contributed by atoms with Gasteiger partial charge in [0.1, 0.15) is 6.20 Å². The van der Waals surface area contributed by atoms with Gasteiger partial charge in [-0.15, -0.1) is 0 Å². The van der Waals surface area contributed by atoms with Crippen LogP contribution in [0.5, 0.6) is 0 Å². The normalized spacial score (nSPS) is 10.4. The molecule has 0 unspecified atom stereocenters. The molecule has 0 N–H and O–H groups in total. The van der Waals surface area contributed by atoms with Crippen molar-refractivity contribution in [3.8, 4) is 22.8 Å². The fourth-order valence-corrected chi connectivity index (χ4v) is 1.86. The van der Waals surface area contributed by atoms with Crippen molar-refractivity contribution in [2.24, 2.45) is 0 Å². The Kier molecular flexibility index (Phi) is 3.09. The highest BCUT2D eigenvalue weighted by Gasteiger charge is 2.15. The van der Waals surface area contributed by atoms with Crippen molar-refractivity contribution in [2.75, 3.05) is 0 Å². The monoisotopic (exact) mass is 264 g/mol. The van der Waals surface area contributed by atoms with E-state index in [0.29, 0.717) is 16.1 Å². The Morgan fingerprint density at radius 2 is 1.75 bits per heavy atom. The van der Waals surface area contributed by atoms with Gasteiger partial charge in [0.15, 0.2) is 11.4 Å². The van der Waals surface area contributed by atoms with Gasteiger partial charge in [-0.3, -0.25) is 0 Å². The van der Waals surface area contributed by atoms with E-state index in [1.165, 1.54) is 6.20 Å². The number of hydrogen-bond acceptors (Lipinski definition) is 4. The second-order valence-corrected chi connectivity index (χ2v) is 4.44. The van der Waals surface area contributed by atoms with Crippen LogP contribution in [0.15, 0.2) is 54.9 Å². The molecule has 5 heteroatoms. The van der Waals surface area contributed by atoms with Gasteiger partial charge in [0, 0.05) is 11.8 Å². The van der Waals surface area contributed by atoms with Gasteiger partial charge in [0.25, 0.3) is 0 Å². The van der Waals surface area contributed by atoms with Gasteiger partial charge >= 0.3 is 5.82 Å². The van der Waals surface area contributed by atoms with Crippen LogP contribution in [0.4, 0.5) is 0 Å². The van der Waals surface area contributed by atoms with Crippen molar-refractivity contribution in [3.05, 3.63) is 65.6 Å². The summed E-state index contributed by atoms with van der Waals surface area (Å²) in [6.45, 7) is 2.01. The van der Waals surface area contributed by atoms with Crippen molar-refractivity contribution in [1.29, 1.82) is 0 Å². The van der Waals surface area contributed by atoms with Crippen molar-refractivity contribution in [1.82, 2.24) is 15.2 Å². The molecule has 0 saturated heterocycles. The minimum atomic E-state index is 0.196. The molecular formula is C15H12N4O. The Bertz CT molecular complexity index is 727. The molecule has 2 heterocycles. The summed E-state index contributed by atoms with van der Waals surface area (Å²) in [4.78, 5) is 4.10. The summed E-state index contributed by atoms with van der Waals surface area (Å²) in [6, 6.07) is 13.1. The Morgan fingerprint density at radius 1 is 0.950 bits per heavy atom. The van der Waals surface area contributed by atoms with Crippen LogP contribution in [-0.4, -0.2) is 15.2 Å². The maximum Gasteiger partial charge on any atom is 0.379 e. The second-order valence-electron chi connectivity index (χ2n) is 4.44. The first-order valence-electron chi connectivity index (χ1n) is 6.19. The molecular weight excluding hydrogens is 252 g/mol. The minimum Gasteiger partial charge on any atom is -0.710 e. The first kappa shape index (κ1) is 12.2. The van der Waals surface area contributed by atoms with Crippen LogP contribution in [0, 0.1) is 12.1 Å². The number of pyridine rings is 1. The van der Waals surface area contributed by atoms with Crippen LogP contribution in [0.3, 0.4) is 0 Å². The lowest BCUT2D eigenvalue weighted by atomic mass is 10.1. The molecule has 0 bridgehead atoms. The van der Waals surface area contributed by atoms with Crippen molar-refractivity contribution < 1.29 is 4.73 Å². The van der Waals surface area contributed by atoms with Gasteiger partial charge in [-0.05, 0) is 24.2 Å². The van der Waals surface area contributed by atoms with E-state index in [0.717, 1.165) is 11.1 Å². The molecule has 2 aromatic heterocycles. The number of hydrogen-bond donors (Lipinski definition) is 0. The first-order valence-corrected chi connectivity index (χ1v) is 6.19. The first-order chi connectivity index (χ1) is 9.74. The number of benzene rings is 1. The Balaban J connectivity index is 2.01. The number of aromatic nitrogens is 4. The molecule has 98 valence electrons. The SMILES string of the molecule is Cc1ccc(-c2c[n+]([O-])c(-c3ccccn3)nn2)cc1. The predicted octanol–water partition coefficient (Wildman–Crippen LogP) is 2.15. The summed E-state index contributed by atoms with van der Waals surface area (Å²) < 4.78 is 0.699. The second kappa shape index (κ2) is 5.05. The summed E-state index contributed by atoms with van der Waals surface area (Å²) in [7, 11) is 0. The Labute approximate surface area is 116 Å². The molecule has 0 amide bonds. The van der Waals surface area contributed by atoms with E-state index in [2.05, 4.69) is 15.2 Å². The largest absolute Gasteiger partial charge is 0.710 e. The van der Waals surface area contributed by atoms with Gasteiger partial charge in [-0.1, -0.05) is 35.9 Å². The maximum absolute atomic E-state index is 12.1. The van der Waals surface area contributed by atoms with E-state index in [1.807, 2.05) is 31.2 Å². The molecule has 0 aliphatic heterocycles. The summed E-state index contributed by atoms with van der Waals surface area (Å²) in [6.07, 6.45) is 3.03. The molecule has 0 radical (unpaired) electrons. The van der Waals surface area contributed by atoms with E-state index in [1.54, 1.807) is 24.4 Å². The fraction of sp³-hybridized carbons (Fsp3) is 0.0667. The number of nitrogens with zero attached hydrogens (tertiary/aromatic N) is 4. The average Bonchev–Trinajstić information content (AvgIpc) is 2.49. The summed E-state index contributed by atoms with van der Waals surface area (Å²) in [5, 5.41) is 20.1. The van der Waals surface area contributed by atoms with E-state index in [-0.39, 0.29) is 5.82 Å². The summed E-state index contributed by atoms with van der Waals surface area (Å²) >= 11 is 0. The van der Waals surface area contributed by atoms with E-state index < -0.39 is 0 Å². The lowest BCUT2D eigenvalue weighted by Crippen LogP contribution is -2.31. The maximum atomic E-state index is 12.1. The molecule has 3 rings (SSSR count). The highest BCUT2D eigenvalue weighted by molar-refractivity contribution is 5.57. The zero-order valence-corrected chi connectivity index (χ0v) is 10.9. The van der Waals surface area contributed by atoms with Gasteiger partial charge in [-0.25, -0.2) is 9.71 Å². The Morgan fingerprint density at radius 3 is 2.40 bits per heavy atom. The van der Waals surface area contributed by atoms with Crippen LogP contribution in [0.1, 0.15) is 5.56 Å². The topological polar surface area (TPSA) is 65.6 Å². The van der Waals surface area contributed by atoms with Gasteiger partial charge in [0.2, 0.25) is 0 Å². The number of aryl methyl sites for hydroxylation is 1. The molecule has 0 aliphatic carbocycles. The van der Waals surface area contributed by atoms with E-state index in [4.69, 9.17) is 0 Å². The predicted molar refractivity (Wildman–Crippen MR) is 74.4 cm³/mol. The van der Waals surface area contributed by atoms with Crippen molar-refractivity contribution >= 4 is 0 Å². The molecule has 0 atom stereocenters. The third-order valence-corrected chi connectivity index (χ3v) is 2.94. The van der Waals surface area contributed by atoms with Crippen LogP contribution in [0.2, 0.25) is 0 Å². The lowest BCUT2D eigenvalue weighted by Gasteiger charge is -2.06. The standard InChI is InChI=1S/C15H12N4O/c1-11-5-7-12(8-6-11)14-10-19(20)15(18-17-14)13-4-2-3-9-16-13/h2-10H,1H3. The zero-order chi connectivity index (χ0) is 13.9. The van der Waals surface area contributed by atoms with Gasteiger partial charge < -0.3 is 5.21 Å². The summed E-state index contributed by atoms with van der Waals surface area (Å²) in [5.41, 5.74) is 3.06. The molecule has 0 fully saturated rings. The molecule has 0 aliphatic rings. The van der Waals surface area contributed by atoms with Gasteiger partial charge in [-0.2, -0.15) is 0 Å².